The van der Waals surface area contributed by atoms with Gasteiger partial charge in [0.25, 0.3) is 5.91 Å². The van der Waals surface area contributed by atoms with Crippen molar-refractivity contribution in [3.8, 4) is 11.3 Å². The van der Waals surface area contributed by atoms with Crippen LogP contribution < -0.4 is 0 Å². The van der Waals surface area contributed by atoms with E-state index in [1.54, 1.807) is 23.2 Å². The minimum absolute atomic E-state index is 0.0723. The zero-order chi connectivity index (χ0) is 15.2. The molecule has 0 fully saturated rings. The van der Waals surface area contributed by atoms with Gasteiger partial charge in [0.15, 0.2) is 0 Å². The van der Waals surface area contributed by atoms with Crippen LogP contribution in [0.2, 0.25) is 5.02 Å². The minimum Gasteiger partial charge on any atom is -0.395 e. The van der Waals surface area contributed by atoms with E-state index < -0.39 is 0 Å². The molecule has 0 unspecified atom stereocenters. The number of aliphatic hydroxyl groups excluding tert-OH is 1. The molecule has 0 aliphatic heterocycles. The van der Waals surface area contributed by atoms with Gasteiger partial charge in [0.2, 0.25) is 0 Å². The molecule has 21 heavy (non-hydrogen) atoms. The number of carbonyl (C=O) groups excluding carboxylic acids is 1. The predicted molar refractivity (Wildman–Crippen MR) is 83.3 cm³/mol. The minimum atomic E-state index is -0.186. The molecule has 1 heterocycles. The van der Waals surface area contributed by atoms with E-state index in [-0.39, 0.29) is 12.5 Å². The standard InChI is InChI=1S/C16H17ClN2O2/c1-2-19(9-10-20)16(21)13-11-12(6-7-14(13)17)15-5-3-4-8-18-15/h3-8,11,20H,2,9-10H2,1H3. The molecule has 0 bridgehead atoms. The summed E-state index contributed by atoms with van der Waals surface area (Å²) in [5, 5.41) is 9.43. The molecule has 1 aromatic heterocycles. The van der Waals surface area contributed by atoms with Crippen molar-refractivity contribution in [3.05, 3.63) is 53.2 Å². The number of aromatic nitrogens is 1. The molecule has 2 aromatic rings. The molecule has 1 amide bonds. The number of nitrogens with zero attached hydrogens (tertiary/aromatic N) is 2. The van der Waals surface area contributed by atoms with Crippen LogP contribution in [0.1, 0.15) is 17.3 Å². The monoisotopic (exact) mass is 304 g/mol. The van der Waals surface area contributed by atoms with E-state index >= 15 is 0 Å². The highest BCUT2D eigenvalue weighted by atomic mass is 35.5. The Morgan fingerprint density at radius 2 is 2.14 bits per heavy atom. The van der Waals surface area contributed by atoms with E-state index in [0.29, 0.717) is 23.7 Å². The first-order valence-corrected chi connectivity index (χ1v) is 7.16. The van der Waals surface area contributed by atoms with Crippen LogP contribution in [0.5, 0.6) is 0 Å². The maximum Gasteiger partial charge on any atom is 0.255 e. The van der Waals surface area contributed by atoms with Crippen LogP contribution in [0.3, 0.4) is 0 Å². The number of hydrogen-bond acceptors (Lipinski definition) is 3. The summed E-state index contributed by atoms with van der Waals surface area (Å²) in [6.07, 6.45) is 1.70. The average molecular weight is 305 g/mol. The lowest BCUT2D eigenvalue weighted by Crippen LogP contribution is -2.33. The molecular weight excluding hydrogens is 288 g/mol. The summed E-state index contributed by atoms with van der Waals surface area (Å²) in [6.45, 7) is 2.60. The van der Waals surface area contributed by atoms with Crippen molar-refractivity contribution in [3.63, 3.8) is 0 Å². The second-order valence-electron chi connectivity index (χ2n) is 4.52. The van der Waals surface area contributed by atoms with Crippen molar-refractivity contribution in [2.75, 3.05) is 19.7 Å². The van der Waals surface area contributed by atoms with Crippen LogP contribution >= 0.6 is 11.6 Å². The molecular formula is C16H17ClN2O2. The number of benzene rings is 1. The SMILES string of the molecule is CCN(CCO)C(=O)c1cc(-c2ccccn2)ccc1Cl. The van der Waals surface area contributed by atoms with Crippen molar-refractivity contribution >= 4 is 17.5 Å². The van der Waals surface area contributed by atoms with Gasteiger partial charge in [0.05, 0.1) is 22.9 Å². The van der Waals surface area contributed by atoms with Crippen LogP contribution in [0.4, 0.5) is 0 Å². The molecule has 0 atom stereocenters. The first-order chi connectivity index (χ1) is 10.2. The quantitative estimate of drug-likeness (QED) is 0.924. The molecule has 2 rings (SSSR count). The number of aliphatic hydroxyl groups is 1. The second-order valence-corrected chi connectivity index (χ2v) is 4.93. The van der Waals surface area contributed by atoms with E-state index in [0.717, 1.165) is 11.3 Å². The zero-order valence-corrected chi connectivity index (χ0v) is 12.5. The maximum absolute atomic E-state index is 12.5. The van der Waals surface area contributed by atoms with E-state index in [1.165, 1.54) is 0 Å². The lowest BCUT2D eigenvalue weighted by Gasteiger charge is -2.20. The Morgan fingerprint density at radius 3 is 2.76 bits per heavy atom. The fraction of sp³-hybridized carbons (Fsp3) is 0.250. The van der Waals surface area contributed by atoms with Crippen molar-refractivity contribution in [2.24, 2.45) is 0 Å². The number of pyridine rings is 1. The molecule has 1 aromatic carbocycles. The van der Waals surface area contributed by atoms with Crippen LogP contribution in [0.25, 0.3) is 11.3 Å². The van der Waals surface area contributed by atoms with Gasteiger partial charge >= 0.3 is 0 Å². The third-order valence-electron chi connectivity index (χ3n) is 3.20. The molecule has 0 radical (unpaired) electrons. The topological polar surface area (TPSA) is 53.4 Å². The van der Waals surface area contributed by atoms with Crippen LogP contribution in [-0.4, -0.2) is 40.6 Å². The molecule has 0 spiro atoms. The van der Waals surface area contributed by atoms with Gasteiger partial charge in [-0.3, -0.25) is 9.78 Å². The van der Waals surface area contributed by atoms with E-state index in [4.69, 9.17) is 16.7 Å². The fourth-order valence-corrected chi connectivity index (χ4v) is 2.27. The van der Waals surface area contributed by atoms with Gasteiger partial charge < -0.3 is 10.0 Å². The lowest BCUT2D eigenvalue weighted by atomic mass is 10.1. The van der Waals surface area contributed by atoms with Gasteiger partial charge in [0, 0.05) is 24.8 Å². The third kappa shape index (κ3) is 3.60. The van der Waals surface area contributed by atoms with Crippen molar-refractivity contribution in [1.82, 2.24) is 9.88 Å². The summed E-state index contributed by atoms with van der Waals surface area (Å²) >= 11 is 6.15. The number of hydrogen-bond donors (Lipinski definition) is 1. The highest BCUT2D eigenvalue weighted by molar-refractivity contribution is 6.34. The number of rotatable bonds is 5. The molecule has 4 nitrogen and oxygen atoms in total. The zero-order valence-electron chi connectivity index (χ0n) is 11.8. The summed E-state index contributed by atoms with van der Waals surface area (Å²) in [7, 11) is 0. The lowest BCUT2D eigenvalue weighted by molar-refractivity contribution is 0.0732. The smallest absolute Gasteiger partial charge is 0.255 e. The van der Waals surface area contributed by atoms with E-state index in [1.807, 2.05) is 31.2 Å². The Balaban J connectivity index is 2.38. The second kappa shape index (κ2) is 7.20. The van der Waals surface area contributed by atoms with Gasteiger partial charge in [-0.1, -0.05) is 23.7 Å². The Bertz CT molecular complexity index is 617. The first-order valence-electron chi connectivity index (χ1n) is 6.78. The molecule has 0 aliphatic carbocycles. The average Bonchev–Trinajstić information content (AvgIpc) is 2.53. The van der Waals surface area contributed by atoms with Crippen LogP contribution in [0, 0.1) is 0 Å². The van der Waals surface area contributed by atoms with Crippen molar-refractivity contribution in [2.45, 2.75) is 6.92 Å². The molecule has 0 aliphatic rings. The van der Waals surface area contributed by atoms with Gasteiger partial charge in [-0.2, -0.15) is 0 Å². The largest absolute Gasteiger partial charge is 0.395 e. The molecule has 1 N–H and O–H groups in total. The highest BCUT2D eigenvalue weighted by Gasteiger charge is 2.17. The summed E-state index contributed by atoms with van der Waals surface area (Å²) in [5.41, 5.74) is 2.05. The summed E-state index contributed by atoms with van der Waals surface area (Å²) < 4.78 is 0. The van der Waals surface area contributed by atoms with Crippen molar-refractivity contribution < 1.29 is 9.90 Å². The summed E-state index contributed by atoms with van der Waals surface area (Å²) in [4.78, 5) is 18.3. The van der Waals surface area contributed by atoms with Gasteiger partial charge in [-0.25, -0.2) is 0 Å². The summed E-state index contributed by atoms with van der Waals surface area (Å²) in [6, 6.07) is 10.9. The highest BCUT2D eigenvalue weighted by Crippen LogP contribution is 2.25. The molecule has 0 saturated carbocycles. The van der Waals surface area contributed by atoms with E-state index in [2.05, 4.69) is 4.98 Å². The molecule has 5 heteroatoms. The first kappa shape index (κ1) is 15.5. The van der Waals surface area contributed by atoms with Gasteiger partial charge in [-0.15, -0.1) is 0 Å². The third-order valence-corrected chi connectivity index (χ3v) is 3.53. The Labute approximate surface area is 129 Å². The number of amides is 1. The Hall–Kier alpha value is -1.91. The fourth-order valence-electron chi connectivity index (χ4n) is 2.08. The maximum atomic E-state index is 12.5. The van der Waals surface area contributed by atoms with Crippen LogP contribution in [0.15, 0.2) is 42.6 Å². The Morgan fingerprint density at radius 1 is 1.33 bits per heavy atom. The number of halogens is 1. The predicted octanol–water partition coefficient (Wildman–Crippen LogP) is 2.86. The van der Waals surface area contributed by atoms with Crippen molar-refractivity contribution in [1.29, 1.82) is 0 Å². The molecule has 0 saturated heterocycles. The van der Waals surface area contributed by atoms with Gasteiger partial charge in [0.1, 0.15) is 0 Å². The normalized spacial score (nSPS) is 10.4. The number of carbonyl (C=O) groups is 1. The van der Waals surface area contributed by atoms with Crippen LogP contribution in [-0.2, 0) is 0 Å². The summed E-state index contributed by atoms with van der Waals surface area (Å²) in [5.74, 6) is -0.186. The van der Waals surface area contributed by atoms with E-state index in [9.17, 15) is 4.79 Å². The van der Waals surface area contributed by atoms with Gasteiger partial charge in [-0.05, 0) is 31.2 Å². The number of likely N-dealkylation sites (N-methyl/N-ethyl adjacent to an activating group) is 1. The Kier molecular flexibility index (Phi) is 5.31. The molecule has 110 valence electrons.